The fourth-order valence-electron chi connectivity index (χ4n) is 3.68. The Kier molecular flexibility index (Phi) is 5.16. The number of anilines is 1. The van der Waals surface area contributed by atoms with Gasteiger partial charge in [0.05, 0.1) is 18.4 Å². The van der Waals surface area contributed by atoms with Gasteiger partial charge in [-0.15, -0.1) is 0 Å². The highest BCUT2D eigenvalue weighted by atomic mass is 19.3. The van der Waals surface area contributed by atoms with Crippen molar-refractivity contribution in [2.24, 2.45) is 0 Å². The molecule has 4 N–H and O–H groups in total. The second-order valence-corrected chi connectivity index (χ2v) is 7.34. The number of nitrogen functional groups attached to an aromatic ring is 1. The van der Waals surface area contributed by atoms with Gasteiger partial charge in [-0.2, -0.15) is 13.9 Å². The van der Waals surface area contributed by atoms with Crippen molar-refractivity contribution in [3.8, 4) is 0 Å². The summed E-state index contributed by atoms with van der Waals surface area (Å²) in [4.78, 5) is 0. The number of alkyl halides is 4. The van der Waals surface area contributed by atoms with Crippen LogP contribution in [0.5, 0.6) is 0 Å². The number of nitrogens with two attached hydrogens (primary N) is 1. The highest BCUT2D eigenvalue weighted by Crippen LogP contribution is 2.48. The number of rotatable bonds is 6. The van der Waals surface area contributed by atoms with E-state index in [-0.39, 0.29) is 0 Å². The van der Waals surface area contributed by atoms with Gasteiger partial charge in [-0.1, -0.05) is 6.92 Å². The molecule has 1 aromatic rings. The van der Waals surface area contributed by atoms with E-state index in [0.29, 0.717) is 0 Å². The molecule has 0 spiro atoms. The average molecular weight is 413 g/mol. The summed E-state index contributed by atoms with van der Waals surface area (Å²) in [6, 6.07) is 0. The first-order chi connectivity index (χ1) is 12.9. The van der Waals surface area contributed by atoms with Crippen molar-refractivity contribution >= 4 is 5.82 Å². The van der Waals surface area contributed by atoms with Gasteiger partial charge in [-0.05, 0) is 20.3 Å². The fourth-order valence-corrected chi connectivity index (χ4v) is 3.68. The van der Waals surface area contributed by atoms with E-state index in [1.54, 1.807) is 13.8 Å². The van der Waals surface area contributed by atoms with Crippen LogP contribution in [0, 0.1) is 0 Å². The van der Waals surface area contributed by atoms with Crippen LogP contribution in [0.25, 0.3) is 0 Å². The second-order valence-electron chi connectivity index (χ2n) is 7.34. The Morgan fingerprint density at radius 1 is 1.32 bits per heavy atom. The van der Waals surface area contributed by atoms with E-state index in [1.165, 1.54) is 0 Å². The van der Waals surface area contributed by atoms with Gasteiger partial charge in [0.15, 0.2) is 17.6 Å². The van der Waals surface area contributed by atoms with Gasteiger partial charge in [0, 0.05) is 0 Å². The maximum absolute atomic E-state index is 14.1. The summed E-state index contributed by atoms with van der Waals surface area (Å²) in [5, 5.41) is 23.8. The molecule has 2 aliphatic heterocycles. The van der Waals surface area contributed by atoms with Gasteiger partial charge in [0.1, 0.15) is 24.1 Å². The molecule has 0 aliphatic carbocycles. The standard InChI is InChI=1S/C16H23F4N3O5/c1-4-15(25,16(19,20)13(17)18)7-5-22-23(11(7)21)12-10-9(8(6-24)26-12)27-14(2,3)28-10/h5,8-10,12-13,24-25H,4,6,21H2,1-3H3/t8-,9-,10-,12-,15?/m1/s1. The van der Waals surface area contributed by atoms with Crippen LogP contribution in [0.2, 0.25) is 0 Å². The molecule has 0 bridgehead atoms. The highest BCUT2D eigenvalue weighted by molar-refractivity contribution is 5.45. The summed E-state index contributed by atoms with van der Waals surface area (Å²) in [6.45, 7) is 4.02. The van der Waals surface area contributed by atoms with E-state index in [1.807, 2.05) is 0 Å². The number of halogens is 4. The summed E-state index contributed by atoms with van der Waals surface area (Å²) in [7, 11) is 0. The predicted octanol–water partition coefficient (Wildman–Crippen LogP) is 1.37. The highest BCUT2D eigenvalue weighted by Gasteiger charge is 2.61. The van der Waals surface area contributed by atoms with E-state index in [4.69, 9.17) is 19.9 Å². The van der Waals surface area contributed by atoms with Crippen molar-refractivity contribution < 1.29 is 42.0 Å². The molecule has 2 aliphatic rings. The Labute approximate surface area is 158 Å². The first-order valence-corrected chi connectivity index (χ1v) is 8.73. The molecular weight excluding hydrogens is 390 g/mol. The van der Waals surface area contributed by atoms with Crippen LogP contribution in [0.1, 0.15) is 39.0 Å². The van der Waals surface area contributed by atoms with Gasteiger partial charge >= 0.3 is 12.3 Å². The normalized spacial score (nSPS) is 31.9. The molecule has 3 heterocycles. The summed E-state index contributed by atoms with van der Waals surface area (Å²) in [5.74, 6) is -6.23. The Bertz CT molecular complexity index is 731. The van der Waals surface area contributed by atoms with Gasteiger partial charge in [-0.25, -0.2) is 13.5 Å². The number of fused-ring (bicyclic) bond motifs is 1. The maximum Gasteiger partial charge on any atom is 0.339 e. The van der Waals surface area contributed by atoms with Crippen LogP contribution in [-0.2, 0) is 19.8 Å². The molecule has 1 aromatic heterocycles. The quantitative estimate of drug-likeness (QED) is 0.604. The monoisotopic (exact) mass is 413 g/mol. The van der Waals surface area contributed by atoms with E-state index in [2.05, 4.69) is 5.10 Å². The largest absolute Gasteiger partial charge is 0.394 e. The third-order valence-corrected chi connectivity index (χ3v) is 5.16. The van der Waals surface area contributed by atoms with Crippen LogP contribution in [0.4, 0.5) is 23.4 Å². The first-order valence-electron chi connectivity index (χ1n) is 8.73. The van der Waals surface area contributed by atoms with E-state index < -0.39 is 72.7 Å². The summed E-state index contributed by atoms with van der Waals surface area (Å²) < 4.78 is 72.0. The third-order valence-electron chi connectivity index (χ3n) is 5.16. The Hall–Kier alpha value is -1.47. The SMILES string of the molecule is CCC(O)(c1cnn([C@@H]2O[C@H](CO)[C@H]3OC(C)(C)O[C@H]32)c1N)C(F)(F)C(F)F. The molecule has 2 fully saturated rings. The van der Waals surface area contributed by atoms with Crippen molar-refractivity contribution in [2.75, 3.05) is 12.3 Å². The second kappa shape index (κ2) is 6.80. The number of hydrogen-bond donors (Lipinski definition) is 3. The van der Waals surface area contributed by atoms with Crippen molar-refractivity contribution in [2.45, 2.75) is 75.5 Å². The lowest BCUT2D eigenvalue weighted by Gasteiger charge is -2.34. The van der Waals surface area contributed by atoms with Gasteiger partial charge in [0.25, 0.3) is 0 Å². The Balaban J connectivity index is 1.99. The first kappa shape index (κ1) is 21.2. The van der Waals surface area contributed by atoms with Gasteiger partial charge < -0.3 is 30.2 Å². The molecule has 12 heteroatoms. The molecule has 0 amide bonds. The topological polar surface area (TPSA) is 112 Å². The molecular formula is C16H23F4N3O5. The van der Waals surface area contributed by atoms with E-state index in [0.717, 1.165) is 17.8 Å². The lowest BCUT2D eigenvalue weighted by molar-refractivity contribution is -0.249. The van der Waals surface area contributed by atoms with Gasteiger partial charge in [0.2, 0.25) is 0 Å². The fraction of sp³-hybridized carbons (Fsp3) is 0.812. The van der Waals surface area contributed by atoms with Crippen molar-refractivity contribution in [3.05, 3.63) is 11.8 Å². The molecule has 28 heavy (non-hydrogen) atoms. The Morgan fingerprint density at radius 3 is 2.46 bits per heavy atom. The molecule has 0 saturated carbocycles. The molecule has 2 saturated heterocycles. The van der Waals surface area contributed by atoms with Gasteiger partial charge in [-0.3, -0.25) is 0 Å². The zero-order valence-corrected chi connectivity index (χ0v) is 15.5. The van der Waals surface area contributed by atoms with Crippen LogP contribution in [0.3, 0.4) is 0 Å². The van der Waals surface area contributed by atoms with Crippen molar-refractivity contribution in [1.29, 1.82) is 0 Å². The van der Waals surface area contributed by atoms with Crippen molar-refractivity contribution in [1.82, 2.24) is 9.78 Å². The molecule has 1 unspecified atom stereocenters. The van der Waals surface area contributed by atoms with Crippen LogP contribution in [-0.4, -0.2) is 63.0 Å². The van der Waals surface area contributed by atoms with Crippen LogP contribution in [0.15, 0.2) is 6.20 Å². The minimum absolute atomic E-state index is 0.409. The summed E-state index contributed by atoms with van der Waals surface area (Å²) >= 11 is 0. The number of aliphatic hydroxyl groups excluding tert-OH is 1. The maximum atomic E-state index is 14.1. The zero-order valence-electron chi connectivity index (χ0n) is 15.5. The number of aromatic nitrogens is 2. The van der Waals surface area contributed by atoms with E-state index in [9.17, 15) is 27.8 Å². The molecule has 3 rings (SSSR count). The smallest absolute Gasteiger partial charge is 0.339 e. The minimum atomic E-state index is -4.76. The number of ether oxygens (including phenoxy) is 3. The Morgan fingerprint density at radius 2 is 1.93 bits per heavy atom. The zero-order chi connectivity index (χ0) is 21.1. The summed E-state index contributed by atoms with van der Waals surface area (Å²) in [5.41, 5.74) is 2.02. The molecule has 8 nitrogen and oxygen atoms in total. The lowest BCUT2D eigenvalue weighted by Crippen LogP contribution is -2.50. The van der Waals surface area contributed by atoms with Crippen LogP contribution >= 0.6 is 0 Å². The molecule has 160 valence electrons. The van der Waals surface area contributed by atoms with Crippen molar-refractivity contribution in [3.63, 3.8) is 0 Å². The lowest BCUT2D eigenvalue weighted by atomic mass is 9.86. The molecule has 0 aromatic carbocycles. The average Bonchev–Trinajstić information content (AvgIpc) is 3.24. The predicted molar refractivity (Wildman–Crippen MR) is 86.6 cm³/mol. The number of nitrogens with zero attached hydrogens (tertiary/aromatic N) is 2. The minimum Gasteiger partial charge on any atom is -0.394 e. The van der Waals surface area contributed by atoms with E-state index >= 15 is 0 Å². The molecule has 0 radical (unpaired) electrons. The van der Waals surface area contributed by atoms with Crippen LogP contribution < -0.4 is 5.73 Å². The molecule has 5 atom stereocenters. The third kappa shape index (κ3) is 2.98. The number of hydrogen-bond acceptors (Lipinski definition) is 7. The summed E-state index contributed by atoms with van der Waals surface area (Å²) in [6.07, 6.45) is -7.37. The number of aliphatic hydroxyl groups is 2.